The summed E-state index contributed by atoms with van der Waals surface area (Å²) < 4.78 is 21.6. The van der Waals surface area contributed by atoms with Gasteiger partial charge in [-0.05, 0) is 55.3 Å². The monoisotopic (exact) mass is 593 g/mol. The average molecular weight is 594 g/mol. The number of amides is 1. The average Bonchev–Trinajstić information content (AvgIpc) is 3.02. The first kappa shape index (κ1) is 28.8. The number of nitrogens with zero attached hydrogens (tertiary/aromatic N) is 6. The Kier molecular flexibility index (Phi) is 7.69. The molecule has 3 heterocycles. The fourth-order valence-electron chi connectivity index (χ4n) is 5.52. The third-order valence-electron chi connectivity index (χ3n) is 7.70. The Bertz CT molecular complexity index is 1910. The number of fused-ring (bicyclic) bond motifs is 2. The topological polar surface area (TPSA) is 105 Å². The van der Waals surface area contributed by atoms with Crippen LogP contribution in [0.3, 0.4) is 0 Å². The van der Waals surface area contributed by atoms with Crippen molar-refractivity contribution in [1.82, 2.24) is 24.4 Å². The lowest BCUT2D eigenvalue weighted by Crippen LogP contribution is -2.45. The highest BCUT2D eigenvalue weighted by molar-refractivity contribution is 6.04. The normalized spacial score (nSPS) is 13.6. The summed E-state index contributed by atoms with van der Waals surface area (Å²) in [6.45, 7) is 4.57. The van der Waals surface area contributed by atoms with Gasteiger partial charge in [-0.2, -0.15) is 0 Å². The molecule has 0 radical (unpaired) electrons. The summed E-state index contributed by atoms with van der Waals surface area (Å²) in [7, 11) is 3.36. The number of aromatic nitrogens is 4. The Balaban J connectivity index is 1.46. The molecule has 0 fully saturated rings. The van der Waals surface area contributed by atoms with Crippen LogP contribution in [-0.2, 0) is 6.54 Å². The van der Waals surface area contributed by atoms with Crippen molar-refractivity contribution in [3.63, 3.8) is 0 Å². The minimum absolute atomic E-state index is 0.0869. The molecular weight excluding hydrogens is 561 g/mol. The second-order valence-electron chi connectivity index (χ2n) is 10.7. The van der Waals surface area contributed by atoms with Crippen molar-refractivity contribution in [2.45, 2.75) is 32.9 Å². The Morgan fingerprint density at radius 2 is 1.73 bits per heavy atom. The number of hydrogen-bond donors (Lipinski definition) is 1. The van der Waals surface area contributed by atoms with E-state index < -0.39 is 17.4 Å². The molecule has 0 saturated carbocycles. The zero-order valence-electron chi connectivity index (χ0n) is 24.9. The lowest BCUT2D eigenvalue weighted by atomic mass is 10.1. The van der Waals surface area contributed by atoms with E-state index in [-0.39, 0.29) is 16.8 Å². The molecule has 1 N–H and O–H groups in total. The third-order valence-corrected chi connectivity index (χ3v) is 7.70. The summed E-state index contributed by atoms with van der Waals surface area (Å²) >= 11 is 0. The number of para-hydroxylation sites is 1. The van der Waals surface area contributed by atoms with Gasteiger partial charge >= 0.3 is 0 Å². The van der Waals surface area contributed by atoms with Crippen molar-refractivity contribution in [3.05, 3.63) is 112 Å². The molecule has 1 aliphatic heterocycles. The van der Waals surface area contributed by atoms with Crippen LogP contribution in [0.5, 0.6) is 5.75 Å². The number of anilines is 2. The van der Waals surface area contributed by atoms with Crippen LogP contribution in [0.2, 0.25) is 0 Å². The van der Waals surface area contributed by atoms with Gasteiger partial charge in [-0.25, -0.2) is 19.3 Å². The van der Waals surface area contributed by atoms with Crippen LogP contribution < -0.4 is 20.5 Å². The molecule has 44 heavy (non-hydrogen) atoms. The van der Waals surface area contributed by atoms with E-state index in [9.17, 15) is 14.0 Å². The molecule has 1 unspecified atom stereocenters. The minimum Gasteiger partial charge on any atom is -0.497 e. The van der Waals surface area contributed by atoms with Crippen molar-refractivity contribution in [3.8, 4) is 11.4 Å². The molecule has 1 amide bonds. The maximum Gasteiger partial charge on any atom is 0.269 e. The van der Waals surface area contributed by atoms with Crippen LogP contribution in [0.15, 0.2) is 77.6 Å². The van der Waals surface area contributed by atoms with Gasteiger partial charge in [0.05, 0.1) is 31.0 Å². The smallest absolute Gasteiger partial charge is 0.269 e. The highest BCUT2D eigenvalue weighted by atomic mass is 19.1. The van der Waals surface area contributed by atoms with Gasteiger partial charge in [-0.15, -0.1) is 0 Å². The molecule has 3 aromatic carbocycles. The molecule has 10 nitrogen and oxygen atoms in total. The number of methoxy groups -OCH3 is 1. The van der Waals surface area contributed by atoms with Gasteiger partial charge in [-0.1, -0.05) is 43.3 Å². The molecule has 1 aliphatic rings. The van der Waals surface area contributed by atoms with E-state index in [0.29, 0.717) is 54.2 Å². The number of carbonyl (C=O) groups excluding carboxylic acids is 1. The molecule has 11 heteroatoms. The summed E-state index contributed by atoms with van der Waals surface area (Å²) in [4.78, 5) is 45.3. The maximum atomic E-state index is 14.9. The summed E-state index contributed by atoms with van der Waals surface area (Å²) in [5, 5.41) is 3.34. The molecule has 0 aliphatic carbocycles. The lowest BCUT2D eigenvalue weighted by molar-refractivity contribution is 0.0780. The summed E-state index contributed by atoms with van der Waals surface area (Å²) in [6.07, 6.45) is 0.484. The Morgan fingerprint density at radius 1 is 0.977 bits per heavy atom. The minimum atomic E-state index is -0.636. The van der Waals surface area contributed by atoms with Gasteiger partial charge in [-0.3, -0.25) is 14.2 Å². The van der Waals surface area contributed by atoms with Gasteiger partial charge in [0.2, 0.25) is 0 Å². The summed E-state index contributed by atoms with van der Waals surface area (Å²) in [5.74, 6) is 1.60. The first-order valence-corrected chi connectivity index (χ1v) is 14.3. The van der Waals surface area contributed by atoms with E-state index >= 15 is 0 Å². The number of nitrogens with one attached hydrogen (secondary N) is 1. The third kappa shape index (κ3) is 5.21. The van der Waals surface area contributed by atoms with E-state index in [1.165, 1.54) is 16.7 Å². The lowest BCUT2D eigenvalue weighted by Gasteiger charge is -2.36. The number of hydrogen-bond acceptors (Lipinski definition) is 8. The number of halogens is 1. The number of carbonyl (C=O) groups is 1. The van der Waals surface area contributed by atoms with E-state index in [2.05, 4.69) is 10.3 Å². The highest BCUT2D eigenvalue weighted by Gasteiger charge is 2.34. The van der Waals surface area contributed by atoms with Crippen LogP contribution in [0.4, 0.5) is 16.0 Å². The van der Waals surface area contributed by atoms with Gasteiger partial charge < -0.3 is 19.9 Å². The van der Waals surface area contributed by atoms with Crippen LogP contribution in [0, 0.1) is 12.7 Å². The number of rotatable bonds is 8. The molecule has 2 aromatic heterocycles. The van der Waals surface area contributed by atoms with Gasteiger partial charge in [0, 0.05) is 13.6 Å². The van der Waals surface area contributed by atoms with Gasteiger partial charge in [0.15, 0.2) is 0 Å². The second-order valence-corrected chi connectivity index (χ2v) is 10.7. The van der Waals surface area contributed by atoms with Crippen molar-refractivity contribution in [2.24, 2.45) is 0 Å². The molecular formula is C33H32FN7O3. The van der Waals surface area contributed by atoms with Crippen molar-refractivity contribution < 1.29 is 13.9 Å². The zero-order valence-corrected chi connectivity index (χ0v) is 24.9. The van der Waals surface area contributed by atoms with Gasteiger partial charge in [0.25, 0.3) is 11.5 Å². The van der Waals surface area contributed by atoms with Crippen molar-refractivity contribution >= 4 is 28.4 Å². The Morgan fingerprint density at radius 3 is 2.43 bits per heavy atom. The Labute approximate surface area is 253 Å². The van der Waals surface area contributed by atoms with E-state index in [1.807, 2.05) is 54.3 Å². The van der Waals surface area contributed by atoms with Crippen molar-refractivity contribution in [1.29, 1.82) is 0 Å². The standard InChI is InChI=1S/C33H32FN7O3/c1-5-25(30-38-26-13-9-12-24(34)27(26)33(43)41(30)22-10-7-6-8-11-22)37-29-28-31(36-20(2)35-29)40(19-39(3)32(28)42)18-21-14-16-23(44-4)17-15-21/h6-17,25H,5,18-19H2,1-4H3,(H,35,36,37). The number of benzene rings is 3. The predicted molar refractivity (Wildman–Crippen MR) is 167 cm³/mol. The van der Waals surface area contributed by atoms with Crippen LogP contribution in [-0.4, -0.2) is 51.2 Å². The zero-order chi connectivity index (χ0) is 31.0. The summed E-state index contributed by atoms with van der Waals surface area (Å²) in [5.41, 5.74) is 1.64. The fraction of sp³-hybridized carbons (Fsp3) is 0.242. The largest absolute Gasteiger partial charge is 0.497 e. The van der Waals surface area contributed by atoms with Crippen molar-refractivity contribution in [2.75, 3.05) is 31.0 Å². The first-order valence-electron chi connectivity index (χ1n) is 14.3. The second kappa shape index (κ2) is 11.8. The quantitative estimate of drug-likeness (QED) is 0.260. The Hall–Kier alpha value is -5.32. The van der Waals surface area contributed by atoms with Gasteiger partial charge in [0.1, 0.15) is 45.8 Å². The molecule has 0 saturated heterocycles. The number of ether oxygens (including phenoxy) is 1. The van der Waals surface area contributed by atoms with Crippen LogP contribution >= 0.6 is 0 Å². The van der Waals surface area contributed by atoms with Crippen LogP contribution in [0.1, 0.15) is 47.0 Å². The fourth-order valence-corrected chi connectivity index (χ4v) is 5.52. The molecule has 6 rings (SSSR count). The van der Waals surface area contributed by atoms with Crippen LogP contribution in [0.25, 0.3) is 16.6 Å². The van der Waals surface area contributed by atoms with E-state index in [1.54, 1.807) is 44.2 Å². The van der Waals surface area contributed by atoms with E-state index in [4.69, 9.17) is 14.7 Å². The highest BCUT2D eigenvalue weighted by Crippen LogP contribution is 2.34. The summed E-state index contributed by atoms with van der Waals surface area (Å²) in [6, 6.07) is 20.6. The maximum absolute atomic E-state index is 14.9. The molecule has 224 valence electrons. The molecule has 1 atom stereocenters. The molecule has 0 bridgehead atoms. The predicted octanol–water partition coefficient (Wildman–Crippen LogP) is 5.24. The number of aryl methyl sites for hydroxylation is 1. The first-order chi connectivity index (χ1) is 21.3. The SMILES string of the molecule is CCC(Nc1nc(C)nc2c1C(=O)N(C)CN2Cc1ccc(OC)cc1)c1nc2cccc(F)c2c(=O)n1-c1ccccc1. The molecule has 5 aromatic rings. The van der Waals surface area contributed by atoms with E-state index in [0.717, 1.165) is 11.3 Å². The molecule has 0 spiro atoms.